The molecule has 4 atom stereocenters. The lowest BCUT2D eigenvalue weighted by atomic mass is 9.71. The molecule has 16 heavy (non-hydrogen) atoms. The van der Waals surface area contributed by atoms with Gasteiger partial charge in [-0.15, -0.1) is 0 Å². The third kappa shape index (κ3) is 4.11. The highest BCUT2D eigenvalue weighted by Crippen LogP contribution is 2.38. The normalized spacial score (nSPS) is 30.0. The average Bonchev–Trinajstić information content (AvgIpc) is 2.28. The van der Waals surface area contributed by atoms with Crippen molar-refractivity contribution in [1.29, 1.82) is 0 Å². The van der Waals surface area contributed by atoms with Crippen molar-refractivity contribution >= 4 is 0 Å². The molecule has 0 nitrogen and oxygen atoms in total. The van der Waals surface area contributed by atoms with Crippen LogP contribution in [0.3, 0.4) is 0 Å². The Morgan fingerprint density at radius 3 is 2.38 bits per heavy atom. The predicted molar refractivity (Wildman–Crippen MR) is 73.6 cm³/mol. The molecule has 1 aliphatic rings. The van der Waals surface area contributed by atoms with Crippen molar-refractivity contribution in [2.24, 2.45) is 23.7 Å². The smallest absolute Gasteiger partial charge is 0.0363 e. The molecule has 1 saturated carbocycles. The topological polar surface area (TPSA) is 0 Å². The quantitative estimate of drug-likeness (QED) is 0.545. The summed E-state index contributed by atoms with van der Waals surface area (Å²) in [5.74, 6) is 3.98. The van der Waals surface area contributed by atoms with Crippen LogP contribution in [0.2, 0.25) is 0 Å². The summed E-state index contributed by atoms with van der Waals surface area (Å²) in [7, 11) is 0. The maximum Gasteiger partial charge on any atom is -0.0363 e. The van der Waals surface area contributed by atoms with Gasteiger partial charge in [0.1, 0.15) is 0 Å². The molecule has 96 valence electrons. The summed E-state index contributed by atoms with van der Waals surface area (Å²) in [6, 6.07) is 0. The summed E-state index contributed by atoms with van der Waals surface area (Å²) in [4.78, 5) is 0. The molecule has 0 saturated heterocycles. The Morgan fingerprint density at radius 1 is 1.12 bits per heavy atom. The Morgan fingerprint density at radius 2 is 1.81 bits per heavy atom. The summed E-state index contributed by atoms with van der Waals surface area (Å²) in [6.07, 6.45) is 11.6. The molecule has 0 amide bonds. The van der Waals surface area contributed by atoms with Crippen LogP contribution in [0.5, 0.6) is 0 Å². The van der Waals surface area contributed by atoms with Gasteiger partial charge in [0.05, 0.1) is 0 Å². The van der Waals surface area contributed by atoms with Gasteiger partial charge in [0.25, 0.3) is 0 Å². The second kappa shape index (κ2) is 7.35. The molecule has 4 unspecified atom stereocenters. The van der Waals surface area contributed by atoms with Gasteiger partial charge in [0.15, 0.2) is 0 Å². The first kappa shape index (κ1) is 14.1. The van der Waals surface area contributed by atoms with Gasteiger partial charge in [0, 0.05) is 0 Å². The van der Waals surface area contributed by atoms with Gasteiger partial charge in [0.2, 0.25) is 0 Å². The number of hydrogen-bond donors (Lipinski definition) is 0. The van der Waals surface area contributed by atoms with E-state index < -0.39 is 0 Å². The second-order valence-electron chi connectivity index (χ2n) is 6.20. The monoisotopic (exact) mass is 224 g/mol. The van der Waals surface area contributed by atoms with Crippen LogP contribution >= 0.6 is 0 Å². The first-order valence-electron chi connectivity index (χ1n) is 7.69. The van der Waals surface area contributed by atoms with Crippen molar-refractivity contribution in [3.05, 3.63) is 0 Å². The van der Waals surface area contributed by atoms with E-state index in [0.717, 1.165) is 23.7 Å². The minimum atomic E-state index is 0.965. The van der Waals surface area contributed by atoms with Crippen molar-refractivity contribution in [3.63, 3.8) is 0 Å². The van der Waals surface area contributed by atoms with Crippen LogP contribution < -0.4 is 0 Å². The van der Waals surface area contributed by atoms with E-state index in [2.05, 4.69) is 27.7 Å². The standard InChI is InChI=1S/C16H32/c1-5-9-15(6-2)12-14(4)16-11-8-7-10-13(16)3/h13-16H,5-12H2,1-4H3. The Hall–Kier alpha value is 0. The highest BCUT2D eigenvalue weighted by atomic mass is 14.3. The van der Waals surface area contributed by atoms with E-state index in [-0.39, 0.29) is 0 Å². The lowest BCUT2D eigenvalue weighted by Crippen LogP contribution is -2.25. The summed E-state index contributed by atoms with van der Waals surface area (Å²) >= 11 is 0. The Balaban J connectivity index is 2.39. The average molecular weight is 224 g/mol. The van der Waals surface area contributed by atoms with Crippen LogP contribution in [0.25, 0.3) is 0 Å². The molecule has 1 rings (SSSR count). The molecule has 0 N–H and O–H groups in total. The molecule has 0 aromatic rings. The maximum absolute atomic E-state index is 2.52. The predicted octanol–water partition coefficient (Wildman–Crippen LogP) is 5.67. The van der Waals surface area contributed by atoms with Gasteiger partial charge in [-0.1, -0.05) is 66.2 Å². The van der Waals surface area contributed by atoms with Gasteiger partial charge in [-0.25, -0.2) is 0 Å². The van der Waals surface area contributed by atoms with E-state index in [4.69, 9.17) is 0 Å². The zero-order chi connectivity index (χ0) is 12.0. The summed E-state index contributed by atoms with van der Waals surface area (Å²) < 4.78 is 0. The Bertz CT molecular complexity index is 173. The number of hydrogen-bond acceptors (Lipinski definition) is 0. The van der Waals surface area contributed by atoms with Crippen LogP contribution in [0.15, 0.2) is 0 Å². The van der Waals surface area contributed by atoms with E-state index in [1.807, 2.05) is 0 Å². The van der Waals surface area contributed by atoms with Crippen LogP contribution in [0.1, 0.15) is 79.1 Å². The van der Waals surface area contributed by atoms with Gasteiger partial charge in [-0.3, -0.25) is 0 Å². The van der Waals surface area contributed by atoms with E-state index in [1.165, 1.54) is 51.4 Å². The fraction of sp³-hybridized carbons (Fsp3) is 1.00. The van der Waals surface area contributed by atoms with E-state index in [0.29, 0.717) is 0 Å². The van der Waals surface area contributed by atoms with Crippen molar-refractivity contribution in [1.82, 2.24) is 0 Å². The third-order valence-electron chi connectivity index (χ3n) is 4.89. The first-order valence-corrected chi connectivity index (χ1v) is 7.69. The summed E-state index contributed by atoms with van der Waals surface area (Å²) in [5.41, 5.74) is 0. The molecule has 0 heteroatoms. The third-order valence-corrected chi connectivity index (χ3v) is 4.89. The minimum Gasteiger partial charge on any atom is -0.0654 e. The van der Waals surface area contributed by atoms with Crippen LogP contribution in [0.4, 0.5) is 0 Å². The maximum atomic E-state index is 2.52. The fourth-order valence-electron chi connectivity index (χ4n) is 3.79. The largest absolute Gasteiger partial charge is 0.0654 e. The molecule has 0 bridgehead atoms. The molecule has 0 spiro atoms. The highest BCUT2D eigenvalue weighted by molar-refractivity contribution is 4.78. The first-order chi connectivity index (χ1) is 7.69. The van der Waals surface area contributed by atoms with Gasteiger partial charge in [-0.2, -0.15) is 0 Å². The lowest BCUT2D eigenvalue weighted by molar-refractivity contribution is 0.158. The Kier molecular flexibility index (Phi) is 6.46. The van der Waals surface area contributed by atoms with Gasteiger partial charge in [-0.05, 0) is 36.5 Å². The number of rotatable bonds is 6. The summed E-state index contributed by atoms with van der Waals surface area (Å²) in [6.45, 7) is 9.71. The van der Waals surface area contributed by atoms with Gasteiger partial charge < -0.3 is 0 Å². The molecular formula is C16H32. The molecule has 0 heterocycles. The second-order valence-corrected chi connectivity index (χ2v) is 6.20. The van der Waals surface area contributed by atoms with E-state index in [9.17, 15) is 0 Å². The van der Waals surface area contributed by atoms with Crippen LogP contribution in [-0.2, 0) is 0 Å². The van der Waals surface area contributed by atoms with Crippen molar-refractivity contribution in [3.8, 4) is 0 Å². The van der Waals surface area contributed by atoms with Crippen LogP contribution in [-0.4, -0.2) is 0 Å². The van der Waals surface area contributed by atoms with E-state index >= 15 is 0 Å². The molecule has 0 radical (unpaired) electrons. The minimum absolute atomic E-state index is 0.965. The SMILES string of the molecule is CCCC(CC)CC(C)C1CCCCC1C. The summed E-state index contributed by atoms with van der Waals surface area (Å²) in [5, 5.41) is 0. The van der Waals surface area contributed by atoms with Crippen molar-refractivity contribution in [2.75, 3.05) is 0 Å². The lowest BCUT2D eigenvalue weighted by Gasteiger charge is -2.35. The van der Waals surface area contributed by atoms with Crippen LogP contribution in [0, 0.1) is 23.7 Å². The van der Waals surface area contributed by atoms with Crippen molar-refractivity contribution in [2.45, 2.75) is 79.1 Å². The molecular weight excluding hydrogens is 192 g/mol. The molecule has 1 aliphatic carbocycles. The zero-order valence-corrected chi connectivity index (χ0v) is 12.0. The molecule has 1 fully saturated rings. The fourth-order valence-corrected chi connectivity index (χ4v) is 3.79. The molecule has 0 aliphatic heterocycles. The molecule has 0 aromatic heterocycles. The van der Waals surface area contributed by atoms with Gasteiger partial charge >= 0.3 is 0 Å². The zero-order valence-electron chi connectivity index (χ0n) is 12.0. The van der Waals surface area contributed by atoms with E-state index in [1.54, 1.807) is 0 Å². The Labute approximate surface area is 103 Å². The molecule has 0 aromatic carbocycles. The highest BCUT2D eigenvalue weighted by Gasteiger charge is 2.27. The van der Waals surface area contributed by atoms with Crippen molar-refractivity contribution < 1.29 is 0 Å².